The molecule has 0 aromatic carbocycles. The van der Waals surface area contributed by atoms with Crippen molar-refractivity contribution in [2.24, 2.45) is 0 Å². The van der Waals surface area contributed by atoms with Gasteiger partial charge in [-0.2, -0.15) is 0 Å². The summed E-state index contributed by atoms with van der Waals surface area (Å²) in [6.45, 7) is 3.40. The minimum atomic E-state index is 0.0809. The Bertz CT molecular complexity index is 197. The Balaban J connectivity index is 2.19. The molecule has 0 spiro atoms. The van der Waals surface area contributed by atoms with Crippen LogP contribution in [0.1, 0.15) is 32.6 Å². The second-order valence-corrected chi connectivity index (χ2v) is 4.06. The standard InChI is InChI=1S/C11H22N2O2/c1-3-7-12-8-11(14)13-9-5-4-6-10(9)15-2/h9-10,12H,3-8H2,1-2H3,(H,13,14). The molecule has 0 aromatic heterocycles. The lowest BCUT2D eigenvalue weighted by Crippen LogP contribution is -2.44. The molecule has 1 fully saturated rings. The Labute approximate surface area is 91.8 Å². The highest BCUT2D eigenvalue weighted by atomic mass is 16.5. The van der Waals surface area contributed by atoms with E-state index in [9.17, 15) is 4.79 Å². The Morgan fingerprint density at radius 3 is 2.93 bits per heavy atom. The fourth-order valence-electron chi connectivity index (χ4n) is 2.01. The van der Waals surface area contributed by atoms with E-state index >= 15 is 0 Å². The van der Waals surface area contributed by atoms with E-state index in [-0.39, 0.29) is 18.1 Å². The van der Waals surface area contributed by atoms with Crippen LogP contribution in [-0.2, 0) is 9.53 Å². The monoisotopic (exact) mass is 214 g/mol. The fraction of sp³-hybridized carbons (Fsp3) is 0.909. The van der Waals surface area contributed by atoms with Gasteiger partial charge in [0, 0.05) is 7.11 Å². The Kier molecular flexibility index (Phi) is 5.65. The summed E-state index contributed by atoms with van der Waals surface area (Å²) in [6.07, 6.45) is 4.51. The number of nitrogens with one attached hydrogen (secondary N) is 2. The fourth-order valence-corrected chi connectivity index (χ4v) is 2.01. The number of ether oxygens (including phenoxy) is 1. The average Bonchev–Trinajstić information content (AvgIpc) is 2.65. The first-order chi connectivity index (χ1) is 7.27. The highest BCUT2D eigenvalue weighted by Gasteiger charge is 2.27. The molecule has 0 bridgehead atoms. The van der Waals surface area contributed by atoms with E-state index in [1.807, 2.05) is 0 Å². The molecule has 1 aliphatic carbocycles. The maximum atomic E-state index is 11.5. The van der Waals surface area contributed by atoms with Crippen molar-refractivity contribution in [3.8, 4) is 0 Å². The Morgan fingerprint density at radius 2 is 2.27 bits per heavy atom. The predicted octanol–water partition coefficient (Wildman–Crippen LogP) is 0.670. The zero-order valence-corrected chi connectivity index (χ0v) is 9.71. The maximum Gasteiger partial charge on any atom is 0.234 e. The third-order valence-corrected chi connectivity index (χ3v) is 2.81. The van der Waals surface area contributed by atoms with Crippen molar-refractivity contribution < 1.29 is 9.53 Å². The zero-order chi connectivity index (χ0) is 11.1. The molecule has 0 aliphatic heterocycles. The van der Waals surface area contributed by atoms with Gasteiger partial charge in [-0.05, 0) is 32.2 Å². The van der Waals surface area contributed by atoms with E-state index in [0.717, 1.165) is 32.2 Å². The minimum absolute atomic E-state index is 0.0809. The Hall–Kier alpha value is -0.610. The first kappa shape index (κ1) is 12.5. The van der Waals surface area contributed by atoms with E-state index in [1.54, 1.807) is 7.11 Å². The second kappa shape index (κ2) is 6.80. The van der Waals surface area contributed by atoms with E-state index in [1.165, 1.54) is 0 Å². The van der Waals surface area contributed by atoms with Crippen LogP contribution in [-0.4, -0.2) is 38.3 Å². The summed E-state index contributed by atoms with van der Waals surface area (Å²) in [7, 11) is 1.71. The van der Waals surface area contributed by atoms with Gasteiger partial charge in [-0.3, -0.25) is 4.79 Å². The molecular weight excluding hydrogens is 192 g/mol. The van der Waals surface area contributed by atoms with Gasteiger partial charge in [-0.1, -0.05) is 6.92 Å². The molecule has 4 nitrogen and oxygen atoms in total. The summed E-state index contributed by atoms with van der Waals surface area (Å²) < 4.78 is 5.32. The lowest BCUT2D eigenvalue weighted by atomic mass is 10.2. The number of amides is 1. The third kappa shape index (κ3) is 4.18. The topological polar surface area (TPSA) is 50.4 Å². The number of rotatable bonds is 6. The van der Waals surface area contributed by atoms with Crippen molar-refractivity contribution in [1.29, 1.82) is 0 Å². The van der Waals surface area contributed by atoms with E-state index in [2.05, 4.69) is 17.6 Å². The van der Waals surface area contributed by atoms with Gasteiger partial charge in [0.05, 0.1) is 18.7 Å². The molecule has 88 valence electrons. The average molecular weight is 214 g/mol. The molecule has 0 aromatic rings. The number of carbonyl (C=O) groups excluding carboxylic acids is 1. The van der Waals surface area contributed by atoms with E-state index in [4.69, 9.17) is 4.74 Å². The van der Waals surface area contributed by atoms with Crippen molar-refractivity contribution in [2.75, 3.05) is 20.2 Å². The van der Waals surface area contributed by atoms with Crippen molar-refractivity contribution in [3.63, 3.8) is 0 Å². The second-order valence-electron chi connectivity index (χ2n) is 4.06. The van der Waals surface area contributed by atoms with Gasteiger partial charge in [0.1, 0.15) is 0 Å². The van der Waals surface area contributed by atoms with Gasteiger partial charge < -0.3 is 15.4 Å². The largest absolute Gasteiger partial charge is 0.379 e. The molecule has 2 unspecified atom stereocenters. The first-order valence-electron chi connectivity index (χ1n) is 5.80. The maximum absolute atomic E-state index is 11.5. The molecule has 2 N–H and O–H groups in total. The van der Waals surface area contributed by atoms with Crippen LogP contribution in [0.4, 0.5) is 0 Å². The quantitative estimate of drug-likeness (QED) is 0.639. The molecule has 1 saturated carbocycles. The van der Waals surface area contributed by atoms with Gasteiger partial charge in [0.15, 0.2) is 0 Å². The Morgan fingerprint density at radius 1 is 1.47 bits per heavy atom. The van der Waals surface area contributed by atoms with Crippen LogP contribution in [0, 0.1) is 0 Å². The number of hydrogen-bond acceptors (Lipinski definition) is 3. The molecule has 0 radical (unpaired) electrons. The van der Waals surface area contributed by atoms with Crippen LogP contribution >= 0.6 is 0 Å². The number of hydrogen-bond donors (Lipinski definition) is 2. The molecule has 1 aliphatic rings. The smallest absolute Gasteiger partial charge is 0.234 e. The van der Waals surface area contributed by atoms with E-state index in [0.29, 0.717) is 6.54 Å². The van der Waals surface area contributed by atoms with Crippen LogP contribution in [0.15, 0.2) is 0 Å². The molecule has 0 heterocycles. The lowest BCUT2D eigenvalue weighted by molar-refractivity contribution is -0.121. The summed E-state index contributed by atoms with van der Waals surface area (Å²) in [6, 6.07) is 0.214. The minimum Gasteiger partial charge on any atom is -0.379 e. The van der Waals surface area contributed by atoms with Crippen LogP contribution in [0.25, 0.3) is 0 Å². The van der Waals surface area contributed by atoms with Crippen LogP contribution < -0.4 is 10.6 Å². The highest BCUT2D eigenvalue weighted by Crippen LogP contribution is 2.21. The lowest BCUT2D eigenvalue weighted by Gasteiger charge is -2.19. The van der Waals surface area contributed by atoms with Crippen LogP contribution in [0.3, 0.4) is 0 Å². The SMILES string of the molecule is CCCNCC(=O)NC1CCCC1OC. The molecular formula is C11H22N2O2. The van der Waals surface area contributed by atoms with Gasteiger partial charge in [0.2, 0.25) is 5.91 Å². The summed E-state index contributed by atoms with van der Waals surface area (Å²) >= 11 is 0. The molecule has 2 atom stereocenters. The summed E-state index contributed by atoms with van der Waals surface area (Å²) in [5, 5.41) is 6.10. The molecule has 4 heteroatoms. The summed E-state index contributed by atoms with van der Waals surface area (Å²) in [4.78, 5) is 11.5. The number of methoxy groups -OCH3 is 1. The number of carbonyl (C=O) groups is 1. The zero-order valence-electron chi connectivity index (χ0n) is 9.71. The van der Waals surface area contributed by atoms with Gasteiger partial charge in [-0.25, -0.2) is 0 Å². The molecule has 1 amide bonds. The van der Waals surface area contributed by atoms with Crippen molar-refractivity contribution in [2.45, 2.75) is 44.8 Å². The van der Waals surface area contributed by atoms with Gasteiger partial charge >= 0.3 is 0 Å². The highest BCUT2D eigenvalue weighted by molar-refractivity contribution is 5.78. The predicted molar refractivity (Wildman–Crippen MR) is 59.7 cm³/mol. The molecule has 15 heavy (non-hydrogen) atoms. The summed E-state index contributed by atoms with van der Waals surface area (Å²) in [5.74, 6) is 0.0809. The molecule has 1 rings (SSSR count). The van der Waals surface area contributed by atoms with Crippen LogP contribution in [0.5, 0.6) is 0 Å². The van der Waals surface area contributed by atoms with Crippen molar-refractivity contribution >= 4 is 5.91 Å². The van der Waals surface area contributed by atoms with Crippen molar-refractivity contribution in [1.82, 2.24) is 10.6 Å². The van der Waals surface area contributed by atoms with Crippen LogP contribution in [0.2, 0.25) is 0 Å². The molecule has 0 saturated heterocycles. The third-order valence-electron chi connectivity index (χ3n) is 2.81. The first-order valence-corrected chi connectivity index (χ1v) is 5.80. The normalized spacial score (nSPS) is 25.5. The van der Waals surface area contributed by atoms with Gasteiger partial charge in [0.25, 0.3) is 0 Å². The summed E-state index contributed by atoms with van der Waals surface area (Å²) in [5.41, 5.74) is 0. The van der Waals surface area contributed by atoms with Crippen molar-refractivity contribution in [3.05, 3.63) is 0 Å². The van der Waals surface area contributed by atoms with Gasteiger partial charge in [-0.15, -0.1) is 0 Å². The van der Waals surface area contributed by atoms with E-state index < -0.39 is 0 Å².